The third-order valence-electron chi connectivity index (χ3n) is 4.19. The molecule has 1 amide bonds. The summed E-state index contributed by atoms with van der Waals surface area (Å²) in [6.45, 7) is 3.21. The van der Waals surface area contributed by atoms with Crippen LogP contribution in [0, 0.1) is 0 Å². The summed E-state index contributed by atoms with van der Waals surface area (Å²) in [6.07, 6.45) is 3.06. The molecule has 0 saturated heterocycles. The average molecular weight is 413 g/mol. The van der Waals surface area contributed by atoms with Crippen LogP contribution < -0.4 is 16.0 Å². The van der Waals surface area contributed by atoms with Crippen molar-refractivity contribution in [1.29, 1.82) is 0 Å². The number of amides is 1. The van der Waals surface area contributed by atoms with Crippen LogP contribution in [0.4, 0.5) is 16.0 Å². The SMILES string of the molecule is CC(C)(Nc1nc(C2CNc3ncc(Cl)cc32)ncc1Cl)C(=O)NCCF. The van der Waals surface area contributed by atoms with E-state index in [4.69, 9.17) is 23.2 Å². The van der Waals surface area contributed by atoms with Gasteiger partial charge < -0.3 is 16.0 Å². The van der Waals surface area contributed by atoms with Crippen molar-refractivity contribution in [2.24, 2.45) is 0 Å². The maximum atomic E-state index is 12.3. The van der Waals surface area contributed by atoms with E-state index < -0.39 is 12.2 Å². The first-order valence-corrected chi connectivity index (χ1v) is 9.11. The van der Waals surface area contributed by atoms with E-state index in [1.165, 1.54) is 6.20 Å². The highest BCUT2D eigenvalue weighted by Crippen LogP contribution is 2.35. The Morgan fingerprint density at radius 2 is 2.15 bits per heavy atom. The van der Waals surface area contributed by atoms with Crippen molar-refractivity contribution in [2.45, 2.75) is 25.3 Å². The standard InChI is InChI=1S/C17H19Cl2FN6O/c1-17(2,16(27)21-4-3-20)26-15-12(19)8-24-14(25-15)11-7-23-13-10(11)5-9(18)6-22-13/h5-6,8,11H,3-4,7H2,1-2H3,(H,21,27)(H,22,23)(H,24,25,26). The van der Waals surface area contributed by atoms with Crippen molar-refractivity contribution >= 4 is 40.7 Å². The number of carbonyl (C=O) groups excluding carboxylic acids is 1. The minimum atomic E-state index is -1.04. The number of halogens is 3. The van der Waals surface area contributed by atoms with Gasteiger partial charge in [0.1, 0.15) is 34.7 Å². The molecule has 1 atom stereocenters. The summed E-state index contributed by atoms with van der Waals surface area (Å²) in [4.78, 5) is 25.3. The summed E-state index contributed by atoms with van der Waals surface area (Å²) >= 11 is 12.3. The summed E-state index contributed by atoms with van der Waals surface area (Å²) in [5, 5.41) is 9.52. The van der Waals surface area contributed by atoms with Crippen LogP contribution in [0.2, 0.25) is 10.0 Å². The fourth-order valence-corrected chi connectivity index (χ4v) is 3.08. The molecule has 2 aromatic rings. The van der Waals surface area contributed by atoms with E-state index >= 15 is 0 Å². The number of nitrogens with zero attached hydrogens (tertiary/aromatic N) is 3. The van der Waals surface area contributed by atoms with Gasteiger partial charge in [0.2, 0.25) is 5.91 Å². The van der Waals surface area contributed by atoms with Crippen molar-refractivity contribution in [1.82, 2.24) is 20.3 Å². The highest BCUT2D eigenvalue weighted by atomic mass is 35.5. The van der Waals surface area contributed by atoms with Gasteiger partial charge in [0.15, 0.2) is 0 Å². The summed E-state index contributed by atoms with van der Waals surface area (Å²) in [7, 11) is 0. The van der Waals surface area contributed by atoms with Crippen LogP contribution in [0.25, 0.3) is 0 Å². The highest BCUT2D eigenvalue weighted by Gasteiger charge is 2.31. The first-order valence-electron chi connectivity index (χ1n) is 8.36. The highest BCUT2D eigenvalue weighted by molar-refractivity contribution is 6.32. The second-order valence-corrected chi connectivity index (χ2v) is 7.49. The third kappa shape index (κ3) is 4.22. The lowest BCUT2D eigenvalue weighted by Gasteiger charge is -2.26. The molecule has 1 unspecified atom stereocenters. The lowest BCUT2D eigenvalue weighted by Crippen LogP contribution is -2.48. The predicted molar refractivity (Wildman–Crippen MR) is 103 cm³/mol. The number of fused-ring (bicyclic) bond motifs is 1. The monoisotopic (exact) mass is 412 g/mol. The molecule has 0 radical (unpaired) electrons. The van der Waals surface area contributed by atoms with Crippen LogP contribution in [0.15, 0.2) is 18.5 Å². The van der Waals surface area contributed by atoms with Crippen LogP contribution in [0.3, 0.4) is 0 Å². The molecule has 0 aromatic carbocycles. The molecule has 0 bridgehead atoms. The molecule has 2 aromatic heterocycles. The molecular formula is C17H19Cl2FN6O. The van der Waals surface area contributed by atoms with E-state index in [0.29, 0.717) is 23.2 Å². The number of rotatable bonds is 6. The van der Waals surface area contributed by atoms with Crippen LogP contribution >= 0.6 is 23.2 Å². The van der Waals surface area contributed by atoms with Gasteiger partial charge in [-0.25, -0.2) is 19.3 Å². The topological polar surface area (TPSA) is 91.8 Å². The first kappa shape index (κ1) is 19.6. The minimum Gasteiger partial charge on any atom is -0.369 e. The van der Waals surface area contributed by atoms with E-state index in [0.717, 1.165) is 11.4 Å². The van der Waals surface area contributed by atoms with Crippen LogP contribution in [0.1, 0.15) is 31.2 Å². The molecular weight excluding hydrogens is 394 g/mol. The summed E-state index contributed by atoms with van der Waals surface area (Å²) < 4.78 is 12.3. The zero-order valence-corrected chi connectivity index (χ0v) is 16.3. The molecule has 0 aliphatic carbocycles. The Labute approximate surface area is 166 Å². The van der Waals surface area contributed by atoms with Gasteiger partial charge in [0.25, 0.3) is 0 Å². The van der Waals surface area contributed by atoms with Crippen LogP contribution in [-0.4, -0.2) is 46.2 Å². The maximum absolute atomic E-state index is 12.3. The van der Waals surface area contributed by atoms with Crippen LogP contribution in [0.5, 0.6) is 0 Å². The summed E-state index contributed by atoms with van der Waals surface area (Å²) in [5.41, 5.74) is -0.142. The van der Waals surface area contributed by atoms with E-state index in [2.05, 4.69) is 30.9 Å². The van der Waals surface area contributed by atoms with Gasteiger partial charge in [-0.1, -0.05) is 23.2 Å². The van der Waals surface area contributed by atoms with Gasteiger partial charge in [0.05, 0.1) is 17.1 Å². The second-order valence-electron chi connectivity index (χ2n) is 6.64. The van der Waals surface area contributed by atoms with E-state index in [1.807, 2.05) is 6.07 Å². The predicted octanol–water partition coefficient (Wildman–Crippen LogP) is 3.01. The Morgan fingerprint density at radius 1 is 1.37 bits per heavy atom. The fraction of sp³-hybridized carbons (Fsp3) is 0.412. The Balaban J connectivity index is 1.86. The molecule has 3 N–H and O–H groups in total. The Kier molecular flexibility index (Phi) is 5.67. The number of aromatic nitrogens is 3. The zero-order valence-electron chi connectivity index (χ0n) is 14.8. The van der Waals surface area contributed by atoms with Crippen molar-refractivity contribution in [3.05, 3.63) is 39.9 Å². The third-order valence-corrected chi connectivity index (χ3v) is 4.67. The summed E-state index contributed by atoms with van der Waals surface area (Å²) in [5.74, 6) is 1.08. The fourth-order valence-electron chi connectivity index (χ4n) is 2.78. The average Bonchev–Trinajstić information content (AvgIpc) is 3.04. The van der Waals surface area contributed by atoms with Gasteiger partial charge in [-0.05, 0) is 19.9 Å². The Hall–Kier alpha value is -2.19. The number of nitrogens with one attached hydrogen (secondary N) is 3. The zero-order chi connectivity index (χ0) is 19.6. The van der Waals surface area contributed by atoms with Crippen molar-refractivity contribution in [3.8, 4) is 0 Å². The Morgan fingerprint density at radius 3 is 2.89 bits per heavy atom. The second kappa shape index (κ2) is 7.82. The molecule has 1 aliphatic rings. The van der Waals surface area contributed by atoms with Crippen molar-refractivity contribution < 1.29 is 9.18 Å². The van der Waals surface area contributed by atoms with Crippen molar-refractivity contribution in [2.75, 3.05) is 30.4 Å². The molecule has 3 heterocycles. The Bertz CT molecular complexity index is 863. The molecule has 7 nitrogen and oxygen atoms in total. The van der Waals surface area contributed by atoms with Gasteiger partial charge in [-0.15, -0.1) is 0 Å². The number of hydrogen-bond acceptors (Lipinski definition) is 6. The largest absolute Gasteiger partial charge is 0.369 e. The van der Waals surface area contributed by atoms with Gasteiger partial charge >= 0.3 is 0 Å². The lowest BCUT2D eigenvalue weighted by molar-refractivity contribution is -0.124. The molecule has 0 spiro atoms. The normalized spacial score (nSPS) is 15.8. The van der Waals surface area contributed by atoms with Crippen molar-refractivity contribution in [3.63, 3.8) is 0 Å². The quantitative estimate of drug-likeness (QED) is 0.675. The number of carbonyl (C=O) groups is 1. The minimum absolute atomic E-state index is 0.0506. The molecule has 10 heteroatoms. The molecule has 27 heavy (non-hydrogen) atoms. The smallest absolute Gasteiger partial charge is 0.245 e. The maximum Gasteiger partial charge on any atom is 0.245 e. The molecule has 3 rings (SSSR count). The molecule has 0 fully saturated rings. The number of alkyl halides is 1. The van der Waals surface area contributed by atoms with Gasteiger partial charge in [-0.3, -0.25) is 4.79 Å². The van der Waals surface area contributed by atoms with Gasteiger partial charge in [-0.2, -0.15) is 0 Å². The molecule has 144 valence electrons. The van der Waals surface area contributed by atoms with E-state index in [-0.39, 0.29) is 23.4 Å². The van der Waals surface area contributed by atoms with E-state index in [9.17, 15) is 9.18 Å². The number of anilines is 2. The number of pyridine rings is 1. The first-order chi connectivity index (χ1) is 12.8. The lowest BCUT2D eigenvalue weighted by atomic mass is 10.0. The van der Waals surface area contributed by atoms with Crippen LogP contribution in [-0.2, 0) is 4.79 Å². The molecule has 0 saturated carbocycles. The van der Waals surface area contributed by atoms with E-state index in [1.54, 1.807) is 20.0 Å². The molecule has 1 aliphatic heterocycles. The summed E-state index contributed by atoms with van der Waals surface area (Å²) in [6, 6.07) is 1.83. The van der Waals surface area contributed by atoms with Gasteiger partial charge in [0, 0.05) is 24.8 Å². The number of hydrogen-bond donors (Lipinski definition) is 3.